The molecule has 4 heterocycles. The van der Waals surface area contributed by atoms with Gasteiger partial charge in [-0.3, -0.25) is 9.59 Å². The largest absolute Gasteiger partial charge is 1.00 e. The summed E-state index contributed by atoms with van der Waals surface area (Å²) in [5.74, 6) is -1.16. The fourth-order valence-corrected chi connectivity index (χ4v) is 10.5. The summed E-state index contributed by atoms with van der Waals surface area (Å²) in [5.41, 5.74) is 4.40. The summed E-state index contributed by atoms with van der Waals surface area (Å²) < 4.78 is 67.9. The molecule has 0 unspecified atom stereocenters. The van der Waals surface area contributed by atoms with Gasteiger partial charge in [0.15, 0.2) is 11.0 Å². The van der Waals surface area contributed by atoms with Gasteiger partial charge in [-0.25, -0.2) is 26.3 Å². The van der Waals surface area contributed by atoms with Crippen molar-refractivity contribution in [3.05, 3.63) is 145 Å². The topological polar surface area (TPSA) is 240 Å². The quantitative estimate of drug-likeness (QED) is 0.100. The molecule has 0 aliphatic rings. The molecule has 20 nitrogen and oxygen atoms in total. The first-order chi connectivity index (χ1) is 34.8. The first-order valence-corrected chi connectivity index (χ1v) is 26.9. The maximum absolute atomic E-state index is 13.4. The maximum Gasteiger partial charge on any atom is 1.00 e. The van der Waals surface area contributed by atoms with E-state index in [4.69, 9.17) is 39.8 Å². The van der Waals surface area contributed by atoms with Crippen LogP contribution in [-0.4, -0.2) is 94.3 Å². The Bertz CT molecular complexity index is 3690. The molecule has 0 radical (unpaired) electrons. The average Bonchev–Trinajstić information content (AvgIpc) is 4.23. The van der Waals surface area contributed by atoms with Crippen LogP contribution in [0.3, 0.4) is 0 Å². The Hall–Kier alpha value is -6.32. The van der Waals surface area contributed by atoms with Crippen LogP contribution in [0.25, 0.3) is 76.0 Å². The van der Waals surface area contributed by atoms with Gasteiger partial charge in [0.05, 0.1) is 57.4 Å². The van der Waals surface area contributed by atoms with Crippen molar-refractivity contribution in [1.29, 1.82) is 0 Å². The number of tetrazole rings is 2. The number of aromatic nitrogens is 10. The number of thiazole rings is 2. The first kappa shape index (κ1) is 54.0. The van der Waals surface area contributed by atoms with Crippen molar-refractivity contribution >= 4 is 75.0 Å². The number of methoxy groups -OCH3 is 2. The molecule has 2 N–H and O–H groups in total. The molecule has 0 atom stereocenters. The molecule has 4 aromatic heterocycles. The van der Waals surface area contributed by atoms with E-state index in [-0.39, 0.29) is 105 Å². The minimum Gasteiger partial charge on any atom is -0.496 e. The number of carbonyl (C=O) groups is 2. The maximum atomic E-state index is 13.4. The number of benzene rings is 6. The van der Waals surface area contributed by atoms with E-state index in [1.807, 2.05) is 72.8 Å². The van der Waals surface area contributed by atoms with Crippen LogP contribution in [0, 0.1) is 0 Å². The van der Waals surface area contributed by atoms with E-state index < -0.39 is 31.9 Å². The molecule has 2 amide bonds. The molecule has 74 heavy (non-hydrogen) atoms. The molecular formula is C48H40N12Na2O8S4+4. The average molecular weight is 1090 g/mol. The predicted molar refractivity (Wildman–Crippen MR) is 269 cm³/mol. The number of nitrogens with zero attached hydrogens (tertiary/aromatic N) is 10. The molecule has 0 saturated carbocycles. The Morgan fingerprint density at radius 1 is 0.541 bits per heavy atom. The van der Waals surface area contributed by atoms with Gasteiger partial charge in [0.1, 0.15) is 22.9 Å². The summed E-state index contributed by atoms with van der Waals surface area (Å²) in [6, 6.07) is 39.0. The molecule has 26 heteroatoms. The minimum atomic E-state index is -3.88. The molecule has 10 aromatic rings. The molecule has 6 aromatic carbocycles. The second kappa shape index (κ2) is 22.3. The van der Waals surface area contributed by atoms with Crippen LogP contribution < -0.4 is 87.6 Å². The molecular weight excluding hydrogens is 1050 g/mol. The number of carbonyl (C=O) groups excluding carboxylic acids is 2. The summed E-state index contributed by atoms with van der Waals surface area (Å²) >= 11 is 2.75. The number of nitrogens with one attached hydrogen (secondary N) is 2. The van der Waals surface area contributed by atoms with Crippen molar-refractivity contribution in [3.8, 4) is 67.0 Å². The number of amides is 2. The SMILES string of the molecule is CCS(=O)(=O)NC(=O)c1ccccc1-c1nn(-c2ccc(-c3ccc(-n4nc(-c5ccccc5C(=O)NS(=O)(=O)CC)n[n+]4-c4nc5ccccc5s4)cc3OC)c(OC)c2)[n+](-c2nc3ccccc3s2)n1.[Na+].[Na+]. The zero-order chi connectivity index (χ0) is 50.3. The second-order valence-corrected chi connectivity index (χ2v) is 21.7. The van der Waals surface area contributed by atoms with Gasteiger partial charge in [-0.1, -0.05) is 81.2 Å². The van der Waals surface area contributed by atoms with E-state index in [1.165, 1.54) is 82.1 Å². The van der Waals surface area contributed by atoms with Crippen molar-refractivity contribution < 1.29 is 105 Å². The van der Waals surface area contributed by atoms with Crippen molar-refractivity contribution in [2.45, 2.75) is 13.8 Å². The second-order valence-electron chi connectivity index (χ2n) is 15.7. The van der Waals surface area contributed by atoms with Crippen LogP contribution >= 0.6 is 22.7 Å². The summed E-state index contributed by atoms with van der Waals surface area (Å²) in [6.45, 7) is 2.87. The molecule has 0 aliphatic carbocycles. The third-order valence-electron chi connectivity index (χ3n) is 11.2. The van der Waals surface area contributed by atoms with E-state index in [9.17, 15) is 26.4 Å². The Labute approximate surface area is 475 Å². The van der Waals surface area contributed by atoms with E-state index in [2.05, 4.69) is 9.44 Å². The van der Waals surface area contributed by atoms with Gasteiger partial charge in [-0.15, -0.1) is 0 Å². The van der Waals surface area contributed by atoms with E-state index >= 15 is 0 Å². The fourth-order valence-electron chi connectivity index (χ4n) is 7.60. The van der Waals surface area contributed by atoms with Crippen LogP contribution in [0.4, 0.5) is 0 Å². The number of rotatable bonds is 15. The summed E-state index contributed by atoms with van der Waals surface area (Å²) in [7, 11) is -4.70. The first-order valence-electron chi connectivity index (χ1n) is 21.9. The molecule has 362 valence electrons. The van der Waals surface area contributed by atoms with Crippen molar-refractivity contribution in [2.24, 2.45) is 0 Å². The van der Waals surface area contributed by atoms with Crippen LogP contribution in [-0.2, 0) is 20.0 Å². The van der Waals surface area contributed by atoms with Gasteiger partial charge < -0.3 is 9.47 Å². The monoisotopic (exact) mass is 1090 g/mol. The van der Waals surface area contributed by atoms with Gasteiger partial charge in [0, 0.05) is 33.5 Å². The van der Waals surface area contributed by atoms with Gasteiger partial charge >= 0.3 is 69.4 Å². The Morgan fingerprint density at radius 3 is 1.30 bits per heavy atom. The molecule has 10 rings (SSSR count). The van der Waals surface area contributed by atoms with Crippen LogP contribution in [0.2, 0.25) is 0 Å². The van der Waals surface area contributed by atoms with E-state index in [0.29, 0.717) is 44.3 Å². The van der Waals surface area contributed by atoms with Crippen molar-refractivity contribution in [3.63, 3.8) is 0 Å². The zero-order valence-corrected chi connectivity index (χ0v) is 47.8. The number of ether oxygens (including phenoxy) is 2. The van der Waals surface area contributed by atoms with Crippen LogP contribution in [0.15, 0.2) is 133 Å². The number of hydrogen-bond donors (Lipinski definition) is 2. The minimum absolute atomic E-state index is 0. The molecule has 0 aliphatic heterocycles. The van der Waals surface area contributed by atoms with Gasteiger partial charge in [0.2, 0.25) is 20.0 Å². The Morgan fingerprint density at radius 2 is 0.919 bits per heavy atom. The number of fused-ring (bicyclic) bond motifs is 2. The third-order valence-corrected chi connectivity index (χ3v) is 15.7. The normalized spacial score (nSPS) is 11.5. The summed E-state index contributed by atoms with van der Waals surface area (Å²) in [6.07, 6.45) is 0. The molecule has 0 bridgehead atoms. The fraction of sp³-hybridized carbons (Fsp3) is 0.125. The van der Waals surface area contributed by atoms with Crippen LogP contribution in [0.1, 0.15) is 34.6 Å². The molecule has 0 fully saturated rings. The number of hydrogen-bond acceptors (Lipinski definition) is 16. The zero-order valence-electron chi connectivity index (χ0n) is 40.5. The summed E-state index contributed by atoms with van der Waals surface area (Å²) in [5, 5.41) is 20.3. The Kier molecular flexibility index (Phi) is 16.2. The van der Waals surface area contributed by atoms with Crippen molar-refractivity contribution in [1.82, 2.24) is 49.4 Å². The third kappa shape index (κ3) is 10.8. The molecule has 0 spiro atoms. The predicted octanol–water partition coefficient (Wildman–Crippen LogP) is -0.194. The Balaban J connectivity index is 0.00000364. The van der Waals surface area contributed by atoms with Gasteiger partial charge in [-0.05, 0) is 116 Å². The number of sulfonamides is 2. The van der Waals surface area contributed by atoms with Crippen molar-refractivity contribution in [2.75, 3.05) is 25.7 Å². The summed E-state index contributed by atoms with van der Waals surface area (Å²) in [4.78, 5) is 42.5. The standard InChI is InChI=1S/C48H38N12O8S4.2Na/c1-5-71(63,64)55-45(61)35-17-9-7-15-33(35)43-51-57(59(53-43)47-49-37-19-11-13-21-41(37)69-47)29-23-25-31(39(27-29)67-3)32-26-24-30(28-40(32)68-4)58-52-44(54-60(58)48-50-38-20-12-14-22-42(38)70-48)34-16-8-10-18-36(34)46(62)56-72(65,66)6-2;;/h7-28H,5-6H2,1-4H3;;/q;2*+1/p+2. The van der Waals surface area contributed by atoms with E-state index in [0.717, 1.165) is 20.4 Å². The number of para-hydroxylation sites is 2. The van der Waals surface area contributed by atoms with Gasteiger partial charge in [-0.2, -0.15) is 0 Å². The molecule has 0 saturated heterocycles. The van der Waals surface area contributed by atoms with E-state index in [1.54, 1.807) is 48.5 Å². The van der Waals surface area contributed by atoms with Gasteiger partial charge in [0.25, 0.3) is 23.5 Å². The smallest absolute Gasteiger partial charge is 0.496 e. The van der Waals surface area contributed by atoms with Crippen LogP contribution in [0.5, 0.6) is 11.5 Å².